The van der Waals surface area contributed by atoms with Gasteiger partial charge in [-0.25, -0.2) is 0 Å². The van der Waals surface area contributed by atoms with Crippen LogP contribution in [0.2, 0.25) is 20.1 Å². The first-order chi connectivity index (χ1) is 8.09. The summed E-state index contributed by atoms with van der Waals surface area (Å²) in [5.41, 5.74) is 0. The van der Waals surface area contributed by atoms with Crippen LogP contribution in [0.5, 0.6) is 0 Å². The molecule has 0 nitrogen and oxygen atoms in total. The summed E-state index contributed by atoms with van der Waals surface area (Å²) in [7, 11) is -0.681. The van der Waals surface area contributed by atoms with Crippen molar-refractivity contribution in [1.29, 1.82) is 0 Å². The number of rotatable bonds is 2. The van der Waals surface area contributed by atoms with Crippen LogP contribution in [0, 0.1) is 0 Å². The maximum atomic E-state index is 6.18. The minimum atomic E-state index is -0.681. The first kappa shape index (κ1) is 13.3. The standard InChI is InChI=1S/C12H8Cl4Si/c13-8-6-9(11(15)12(16)10(8)14)17-7-4-2-1-3-5-7/h1-6H,17H2. The van der Waals surface area contributed by atoms with E-state index in [1.165, 1.54) is 5.19 Å². The molecule has 88 valence electrons. The van der Waals surface area contributed by atoms with E-state index in [1.54, 1.807) is 0 Å². The lowest BCUT2D eigenvalue weighted by Crippen LogP contribution is -2.27. The van der Waals surface area contributed by atoms with Crippen LogP contribution < -0.4 is 10.4 Å². The van der Waals surface area contributed by atoms with Gasteiger partial charge in [-0.1, -0.05) is 81.9 Å². The Kier molecular flexibility index (Phi) is 4.40. The van der Waals surface area contributed by atoms with Gasteiger partial charge in [0.15, 0.2) is 0 Å². The second-order valence-corrected chi connectivity index (χ2v) is 7.09. The van der Waals surface area contributed by atoms with E-state index in [9.17, 15) is 0 Å². The predicted octanol–water partition coefficient (Wildman–Crippen LogP) is 3.42. The van der Waals surface area contributed by atoms with Gasteiger partial charge in [0.05, 0.1) is 29.6 Å². The molecule has 0 heterocycles. The van der Waals surface area contributed by atoms with Crippen LogP contribution in [0.25, 0.3) is 0 Å². The van der Waals surface area contributed by atoms with Crippen LogP contribution in [0.4, 0.5) is 0 Å². The molecule has 0 bridgehead atoms. The Morgan fingerprint density at radius 2 is 1.41 bits per heavy atom. The molecule has 0 aromatic heterocycles. The highest BCUT2D eigenvalue weighted by molar-refractivity contribution is 6.71. The lowest BCUT2D eigenvalue weighted by atomic mass is 10.3. The fourth-order valence-corrected chi connectivity index (χ4v) is 4.44. The van der Waals surface area contributed by atoms with E-state index >= 15 is 0 Å². The SMILES string of the molecule is Clc1cc([SiH2]c2ccccc2)c(Cl)c(Cl)c1Cl. The first-order valence-corrected chi connectivity index (χ1v) is 7.88. The minimum absolute atomic E-state index is 0.323. The van der Waals surface area contributed by atoms with Crippen molar-refractivity contribution < 1.29 is 0 Å². The number of hydrogen-bond acceptors (Lipinski definition) is 0. The number of halogens is 4. The zero-order chi connectivity index (χ0) is 12.4. The highest BCUT2D eigenvalue weighted by Crippen LogP contribution is 2.33. The molecule has 0 radical (unpaired) electrons. The molecule has 2 aromatic carbocycles. The summed E-state index contributed by atoms with van der Waals surface area (Å²) in [5.74, 6) is 0. The zero-order valence-electron chi connectivity index (χ0n) is 8.68. The molecular formula is C12H8Cl4Si. The van der Waals surface area contributed by atoms with Gasteiger partial charge in [0.25, 0.3) is 0 Å². The van der Waals surface area contributed by atoms with Crippen molar-refractivity contribution in [1.82, 2.24) is 0 Å². The summed E-state index contributed by atoms with van der Waals surface area (Å²) in [6.07, 6.45) is 0. The van der Waals surface area contributed by atoms with Crippen molar-refractivity contribution in [3.63, 3.8) is 0 Å². The van der Waals surface area contributed by atoms with E-state index in [0.717, 1.165) is 5.19 Å². The molecule has 0 N–H and O–H groups in total. The van der Waals surface area contributed by atoms with E-state index in [-0.39, 0.29) is 0 Å². The predicted molar refractivity (Wildman–Crippen MR) is 80.7 cm³/mol. The summed E-state index contributed by atoms with van der Waals surface area (Å²) in [6, 6.07) is 12.0. The van der Waals surface area contributed by atoms with Crippen LogP contribution in [0.3, 0.4) is 0 Å². The molecule has 2 aromatic rings. The Hall–Kier alpha value is -0.183. The molecule has 17 heavy (non-hydrogen) atoms. The molecule has 0 saturated heterocycles. The van der Waals surface area contributed by atoms with Gasteiger partial charge in [-0.3, -0.25) is 0 Å². The van der Waals surface area contributed by atoms with Gasteiger partial charge in [-0.2, -0.15) is 0 Å². The summed E-state index contributed by atoms with van der Waals surface area (Å²) in [4.78, 5) is 0. The van der Waals surface area contributed by atoms with Crippen LogP contribution >= 0.6 is 46.4 Å². The van der Waals surface area contributed by atoms with Crippen LogP contribution in [0.15, 0.2) is 36.4 Å². The molecule has 5 heteroatoms. The van der Waals surface area contributed by atoms with Gasteiger partial charge < -0.3 is 0 Å². The second kappa shape index (κ2) is 5.64. The maximum absolute atomic E-state index is 6.18. The van der Waals surface area contributed by atoms with Gasteiger partial charge in [-0.15, -0.1) is 0 Å². The van der Waals surface area contributed by atoms with Crippen molar-refractivity contribution in [2.45, 2.75) is 0 Å². The lowest BCUT2D eigenvalue weighted by molar-refractivity contribution is 1.73. The molecule has 2 rings (SSSR count). The third kappa shape index (κ3) is 2.98. The Labute approximate surface area is 122 Å². The highest BCUT2D eigenvalue weighted by atomic mass is 35.5. The van der Waals surface area contributed by atoms with Gasteiger partial charge in [0, 0.05) is 0 Å². The Bertz CT molecular complexity index is 540. The fourth-order valence-electron chi connectivity index (χ4n) is 1.57. The smallest absolute Gasteiger partial charge is 0.0828 e. The third-order valence-corrected chi connectivity index (χ3v) is 6.25. The Morgan fingerprint density at radius 1 is 0.765 bits per heavy atom. The largest absolute Gasteiger partial charge is 0.0896 e. The topological polar surface area (TPSA) is 0 Å². The van der Waals surface area contributed by atoms with Gasteiger partial charge in [0.2, 0.25) is 0 Å². The summed E-state index contributed by atoms with van der Waals surface area (Å²) in [6.45, 7) is 0. The molecule has 0 saturated carbocycles. The summed E-state index contributed by atoms with van der Waals surface area (Å²) < 4.78 is 0. The molecule has 0 aliphatic carbocycles. The monoisotopic (exact) mass is 320 g/mol. The van der Waals surface area contributed by atoms with Crippen LogP contribution in [0.1, 0.15) is 0 Å². The second-order valence-electron chi connectivity index (χ2n) is 3.62. The quantitative estimate of drug-likeness (QED) is 0.452. The summed E-state index contributed by atoms with van der Waals surface area (Å²) >= 11 is 24.1. The average Bonchev–Trinajstić information content (AvgIpc) is 2.35. The zero-order valence-corrected chi connectivity index (χ0v) is 13.1. The van der Waals surface area contributed by atoms with Crippen molar-refractivity contribution in [3.8, 4) is 0 Å². The number of hydrogen-bond donors (Lipinski definition) is 0. The molecule has 0 atom stereocenters. The van der Waals surface area contributed by atoms with E-state index < -0.39 is 9.52 Å². The molecular weight excluding hydrogens is 314 g/mol. The minimum Gasteiger partial charge on any atom is -0.0828 e. The molecule has 0 unspecified atom stereocenters. The van der Waals surface area contributed by atoms with E-state index in [1.807, 2.05) is 24.3 Å². The van der Waals surface area contributed by atoms with Crippen molar-refractivity contribution >= 4 is 66.3 Å². The van der Waals surface area contributed by atoms with Gasteiger partial charge >= 0.3 is 0 Å². The fraction of sp³-hybridized carbons (Fsp3) is 0. The summed E-state index contributed by atoms with van der Waals surface area (Å²) in [5, 5.41) is 3.95. The van der Waals surface area contributed by atoms with Gasteiger partial charge in [-0.05, 0) is 11.3 Å². The van der Waals surface area contributed by atoms with E-state index in [4.69, 9.17) is 46.4 Å². The van der Waals surface area contributed by atoms with Crippen molar-refractivity contribution in [2.75, 3.05) is 0 Å². The molecule has 0 aliphatic heterocycles. The third-order valence-electron chi connectivity index (χ3n) is 2.42. The normalized spacial score (nSPS) is 11.3. The first-order valence-electron chi connectivity index (χ1n) is 4.95. The van der Waals surface area contributed by atoms with Crippen LogP contribution in [-0.4, -0.2) is 9.52 Å². The molecule has 0 fully saturated rings. The average molecular weight is 322 g/mol. The lowest BCUT2D eigenvalue weighted by Gasteiger charge is -2.08. The van der Waals surface area contributed by atoms with E-state index in [0.29, 0.717) is 20.1 Å². The molecule has 0 aliphatic rings. The van der Waals surface area contributed by atoms with E-state index in [2.05, 4.69) is 12.1 Å². The highest BCUT2D eigenvalue weighted by Gasteiger charge is 2.13. The van der Waals surface area contributed by atoms with Gasteiger partial charge in [0.1, 0.15) is 0 Å². The maximum Gasteiger partial charge on any atom is 0.0896 e. The Morgan fingerprint density at radius 3 is 2.06 bits per heavy atom. The van der Waals surface area contributed by atoms with Crippen molar-refractivity contribution in [3.05, 3.63) is 56.5 Å². The molecule has 0 amide bonds. The van der Waals surface area contributed by atoms with Crippen molar-refractivity contribution in [2.24, 2.45) is 0 Å². The van der Waals surface area contributed by atoms with Crippen LogP contribution in [-0.2, 0) is 0 Å². The molecule has 0 spiro atoms. The number of benzene rings is 2. The Balaban J connectivity index is 2.41.